The zero-order chi connectivity index (χ0) is 12.0. The van der Waals surface area contributed by atoms with Crippen LogP contribution in [0.2, 0.25) is 0 Å². The Labute approximate surface area is 106 Å². The zero-order valence-corrected chi connectivity index (χ0v) is 11.0. The molecule has 1 aromatic carbocycles. The summed E-state index contributed by atoms with van der Waals surface area (Å²) in [6.45, 7) is 2.01. The molecule has 2 rings (SSSR count). The van der Waals surface area contributed by atoms with Crippen LogP contribution >= 0.6 is 22.6 Å². The van der Waals surface area contributed by atoms with Gasteiger partial charge in [0.05, 0.1) is 5.56 Å². The van der Waals surface area contributed by atoms with Gasteiger partial charge in [0.15, 0.2) is 0 Å². The standard InChI is InChI=1S/C12H12F3I/c1-11(16)7-3-4-8-9(11)5-2-6-10(8)12(13,14)15/h2,5-6H,3-4,7H2,1H3. The number of hydrogen-bond acceptors (Lipinski definition) is 0. The van der Waals surface area contributed by atoms with Crippen LogP contribution in [0.5, 0.6) is 0 Å². The van der Waals surface area contributed by atoms with E-state index in [-0.39, 0.29) is 3.42 Å². The Hall–Kier alpha value is -0.260. The third kappa shape index (κ3) is 2.08. The molecule has 1 aromatic rings. The van der Waals surface area contributed by atoms with Crippen LogP contribution in [-0.2, 0) is 16.0 Å². The Morgan fingerprint density at radius 1 is 1.31 bits per heavy atom. The van der Waals surface area contributed by atoms with Crippen molar-refractivity contribution in [3.8, 4) is 0 Å². The van der Waals surface area contributed by atoms with Gasteiger partial charge in [-0.3, -0.25) is 0 Å². The van der Waals surface area contributed by atoms with Gasteiger partial charge in [0, 0.05) is 3.42 Å². The average molecular weight is 340 g/mol. The van der Waals surface area contributed by atoms with Crippen LogP contribution in [0.3, 0.4) is 0 Å². The summed E-state index contributed by atoms with van der Waals surface area (Å²) in [6.07, 6.45) is -1.90. The first kappa shape index (κ1) is 12.2. The van der Waals surface area contributed by atoms with Crippen LogP contribution in [0.1, 0.15) is 36.5 Å². The normalized spacial score (nSPS) is 25.3. The van der Waals surface area contributed by atoms with Crippen molar-refractivity contribution in [1.29, 1.82) is 0 Å². The van der Waals surface area contributed by atoms with E-state index in [0.717, 1.165) is 18.4 Å². The number of rotatable bonds is 0. The molecule has 0 fully saturated rings. The summed E-state index contributed by atoms with van der Waals surface area (Å²) in [4.78, 5) is 0. The molecule has 0 bridgehead atoms. The fourth-order valence-electron chi connectivity index (χ4n) is 2.34. The summed E-state index contributed by atoms with van der Waals surface area (Å²) in [5.74, 6) is 0. The second-order valence-electron chi connectivity index (χ2n) is 4.38. The van der Waals surface area contributed by atoms with Crippen molar-refractivity contribution in [3.63, 3.8) is 0 Å². The smallest absolute Gasteiger partial charge is 0.166 e. The zero-order valence-electron chi connectivity index (χ0n) is 8.87. The molecule has 1 aliphatic rings. The van der Waals surface area contributed by atoms with E-state index >= 15 is 0 Å². The molecule has 4 heteroatoms. The molecule has 1 aliphatic carbocycles. The molecule has 0 spiro atoms. The van der Waals surface area contributed by atoms with Gasteiger partial charge in [0.1, 0.15) is 0 Å². The van der Waals surface area contributed by atoms with Crippen LogP contribution in [0, 0.1) is 0 Å². The highest BCUT2D eigenvalue weighted by molar-refractivity contribution is 14.1. The summed E-state index contributed by atoms with van der Waals surface area (Å²) < 4.78 is 38.3. The minimum atomic E-state index is -4.23. The fraction of sp³-hybridized carbons (Fsp3) is 0.500. The van der Waals surface area contributed by atoms with Gasteiger partial charge in [-0.25, -0.2) is 0 Å². The lowest BCUT2D eigenvalue weighted by atomic mass is 9.81. The van der Waals surface area contributed by atoms with Crippen molar-refractivity contribution >= 4 is 22.6 Å². The summed E-state index contributed by atoms with van der Waals surface area (Å²) in [5, 5.41) is 0. The molecule has 0 aromatic heterocycles. The van der Waals surface area contributed by atoms with E-state index in [0.29, 0.717) is 12.0 Å². The van der Waals surface area contributed by atoms with Gasteiger partial charge in [0.25, 0.3) is 0 Å². The molecule has 0 saturated carbocycles. The first-order chi connectivity index (χ1) is 7.32. The number of fused-ring (bicyclic) bond motifs is 1. The molecule has 0 N–H and O–H groups in total. The van der Waals surface area contributed by atoms with Gasteiger partial charge in [-0.15, -0.1) is 0 Å². The maximum atomic E-state index is 12.8. The second kappa shape index (κ2) is 3.89. The van der Waals surface area contributed by atoms with Gasteiger partial charge >= 0.3 is 6.18 Å². The third-order valence-electron chi connectivity index (χ3n) is 3.12. The van der Waals surface area contributed by atoms with Gasteiger partial charge in [0.2, 0.25) is 0 Å². The molecular formula is C12H12F3I. The maximum absolute atomic E-state index is 12.8. The monoisotopic (exact) mass is 340 g/mol. The average Bonchev–Trinajstić information content (AvgIpc) is 2.15. The molecule has 88 valence electrons. The van der Waals surface area contributed by atoms with E-state index in [4.69, 9.17) is 0 Å². The minimum absolute atomic E-state index is 0.160. The second-order valence-corrected chi connectivity index (χ2v) is 6.76. The molecule has 16 heavy (non-hydrogen) atoms. The number of alkyl halides is 4. The summed E-state index contributed by atoms with van der Waals surface area (Å²) >= 11 is 2.26. The Kier molecular flexibility index (Phi) is 2.97. The molecule has 0 amide bonds. The number of halogens is 4. The van der Waals surface area contributed by atoms with Crippen molar-refractivity contribution < 1.29 is 13.2 Å². The predicted octanol–water partition coefficient (Wildman–Crippen LogP) is 4.69. The highest BCUT2D eigenvalue weighted by atomic mass is 127. The lowest BCUT2D eigenvalue weighted by molar-refractivity contribution is -0.138. The van der Waals surface area contributed by atoms with Crippen LogP contribution in [0.25, 0.3) is 0 Å². The van der Waals surface area contributed by atoms with Crippen LogP contribution in [0.15, 0.2) is 18.2 Å². The number of hydrogen-bond donors (Lipinski definition) is 0. The third-order valence-corrected chi connectivity index (χ3v) is 4.24. The molecule has 0 nitrogen and oxygen atoms in total. The van der Waals surface area contributed by atoms with Crippen molar-refractivity contribution in [2.45, 2.75) is 35.8 Å². The van der Waals surface area contributed by atoms with Crippen LogP contribution < -0.4 is 0 Å². The first-order valence-corrected chi connectivity index (χ1v) is 6.29. The minimum Gasteiger partial charge on any atom is -0.166 e. The van der Waals surface area contributed by atoms with E-state index in [1.807, 2.05) is 13.0 Å². The quantitative estimate of drug-likeness (QED) is 0.475. The van der Waals surface area contributed by atoms with Crippen LogP contribution in [0.4, 0.5) is 13.2 Å². The summed E-state index contributed by atoms with van der Waals surface area (Å²) in [7, 11) is 0. The van der Waals surface area contributed by atoms with Gasteiger partial charge < -0.3 is 0 Å². The van der Waals surface area contributed by atoms with Crippen molar-refractivity contribution in [2.24, 2.45) is 0 Å². The number of benzene rings is 1. The lowest BCUT2D eigenvalue weighted by Gasteiger charge is -2.32. The van der Waals surface area contributed by atoms with Gasteiger partial charge in [-0.05, 0) is 43.4 Å². The fourth-order valence-corrected chi connectivity index (χ4v) is 3.23. The lowest BCUT2D eigenvalue weighted by Crippen LogP contribution is -2.23. The predicted molar refractivity (Wildman–Crippen MR) is 65.8 cm³/mol. The molecule has 0 saturated heterocycles. The van der Waals surface area contributed by atoms with Crippen molar-refractivity contribution in [2.75, 3.05) is 0 Å². The summed E-state index contributed by atoms with van der Waals surface area (Å²) in [5.41, 5.74) is 0.903. The molecule has 0 aliphatic heterocycles. The SMILES string of the molecule is CC1(I)CCCc2c(C(F)(F)F)cccc21. The Morgan fingerprint density at radius 2 is 2.00 bits per heavy atom. The summed E-state index contributed by atoms with van der Waals surface area (Å²) in [6, 6.07) is 4.54. The van der Waals surface area contributed by atoms with Crippen molar-refractivity contribution in [1.82, 2.24) is 0 Å². The van der Waals surface area contributed by atoms with E-state index < -0.39 is 11.7 Å². The molecular weight excluding hydrogens is 328 g/mol. The molecule has 0 radical (unpaired) electrons. The molecule has 1 atom stereocenters. The topological polar surface area (TPSA) is 0 Å². The Bertz CT molecular complexity index is 393. The molecule has 0 heterocycles. The van der Waals surface area contributed by atoms with E-state index in [1.165, 1.54) is 12.1 Å². The maximum Gasteiger partial charge on any atom is 0.416 e. The van der Waals surface area contributed by atoms with Crippen molar-refractivity contribution in [3.05, 3.63) is 34.9 Å². The Morgan fingerprint density at radius 3 is 2.62 bits per heavy atom. The van der Waals surface area contributed by atoms with Gasteiger partial charge in [-0.1, -0.05) is 34.7 Å². The van der Waals surface area contributed by atoms with E-state index in [9.17, 15) is 13.2 Å². The molecule has 1 unspecified atom stereocenters. The highest BCUT2D eigenvalue weighted by Gasteiger charge is 2.38. The Balaban J connectivity index is 2.61. The largest absolute Gasteiger partial charge is 0.416 e. The van der Waals surface area contributed by atoms with E-state index in [1.54, 1.807) is 0 Å². The first-order valence-electron chi connectivity index (χ1n) is 5.21. The van der Waals surface area contributed by atoms with Crippen LogP contribution in [-0.4, -0.2) is 0 Å². The van der Waals surface area contributed by atoms with Gasteiger partial charge in [-0.2, -0.15) is 13.2 Å². The highest BCUT2D eigenvalue weighted by Crippen LogP contribution is 2.46. The van der Waals surface area contributed by atoms with E-state index in [2.05, 4.69) is 22.6 Å².